The normalized spacial score (nSPS) is 11.3. The molecule has 0 aliphatic rings. The lowest BCUT2D eigenvalue weighted by Gasteiger charge is -2.14. The number of nitrogens with one attached hydrogen (secondary N) is 1. The van der Waals surface area contributed by atoms with E-state index in [9.17, 15) is 13.2 Å². The highest BCUT2D eigenvalue weighted by Gasteiger charge is 2.34. The Balaban J connectivity index is 2.24. The van der Waals surface area contributed by atoms with E-state index in [-0.39, 0.29) is 10.6 Å². The maximum atomic E-state index is 12.8. The molecule has 0 radical (unpaired) electrons. The minimum absolute atomic E-state index is 0.179. The van der Waals surface area contributed by atoms with Crippen molar-refractivity contribution in [2.45, 2.75) is 12.7 Å². The minimum atomic E-state index is -4.48. The van der Waals surface area contributed by atoms with Crippen molar-refractivity contribution in [1.82, 2.24) is 4.98 Å². The predicted molar refractivity (Wildman–Crippen MR) is 76.8 cm³/mol. The second-order valence-electron chi connectivity index (χ2n) is 3.94. The third-order valence-electron chi connectivity index (χ3n) is 2.54. The Morgan fingerprint density at radius 2 is 2.15 bits per heavy atom. The first-order valence-electron chi connectivity index (χ1n) is 5.50. The van der Waals surface area contributed by atoms with Crippen LogP contribution in [-0.4, -0.2) is 9.97 Å². The Bertz CT molecular complexity index is 609. The van der Waals surface area contributed by atoms with Crippen LogP contribution in [0.15, 0.2) is 29.9 Å². The summed E-state index contributed by atoms with van der Waals surface area (Å²) in [6, 6.07) is 3.64. The number of nitrogens with two attached hydrogens (primary N) is 1. The zero-order valence-corrected chi connectivity index (χ0v) is 11.7. The molecule has 20 heavy (non-hydrogen) atoms. The van der Waals surface area contributed by atoms with Gasteiger partial charge in [0, 0.05) is 22.3 Å². The molecule has 0 aliphatic heterocycles. The molecule has 8 heteroatoms. The van der Waals surface area contributed by atoms with Gasteiger partial charge in [-0.15, -0.1) is 11.3 Å². The highest BCUT2D eigenvalue weighted by atomic mass is 32.1. The zero-order chi connectivity index (χ0) is 14.8. The van der Waals surface area contributed by atoms with Crippen LogP contribution in [0, 0.1) is 0 Å². The van der Waals surface area contributed by atoms with Crippen molar-refractivity contribution in [3.05, 3.63) is 45.9 Å². The van der Waals surface area contributed by atoms with Gasteiger partial charge in [-0.25, -0.2) is 0 Å². The fourth-order valence-electron chi connectivity index (χ4n) is 1.62. The fraction of sp³-hybridized carbons (Fsp3) is 0.167. The molecule has 1 aromatic carbocycles. The predicted octanol–water partition coefficient (Wildman–Crippen LogP) is 3.41. The molecular weight excluding hydrogens is 307 g/mol. The van der Waals surface area contributed by atoms with Crippen molar-refractivity contribution < 1.29 is 13.2 Å². The van der Waals surface area contributed by atoms with E-state index < -0.39 is 11.7 Å². The molecule has 2 aromatic rings. The van der Waals surface area contributed by atoms with Crippen molar-refractivity contribution >= 4 is 34.2 Å². The first-order valence-corrected chi connectivity index (χ1v) is 6.79. The van der Waals surface area contributed by atoms with Crippen LogP contribution in [0.2, 0.25) is 0 Å². The van der Waals surface area contributed by atoms with Crippen molar-refractivity contribution in [2.75, 3.05) is 5.32 Å². The number of thiazole rings is 1. The summed E-state index contributed by atoms with van der Waals surface area (Å²) in [5.41, 5.74) is 6.57. The first kappa shape index (κ1) is 14.7. The van der Waals surface area contributed by atoms with Crippen LogP contribution in [0.4, 0.5) is 18.9 Å². The Kier molecular flexibility index (Phi) is 4.24. The first-order chi connectivity index (χ1) is 9.38. The smallest absolute Gasteiger partial charge is 0.389 e. The standard InChI is InChI=1S/C12H10F3N3S2/c13-12(14,15)10-2-1-7(3-9(10)11(16)19)18-5-8-4-17-6-20-8/h1-4,6,18H,5H2,(H2,16,19). The van der Waals surface area contributed by atoms with E-state index in [0.717, 1.165) is 10.9 Å². The molecule has 0 fully saturated rings. The zero-order valence-electron chi connectivity index (χ0n) is 10.1. The van der Waals surface area contributed by atoms with Crippen molar-refractivity contribution in [3.63, 3.8) is 0 Å². The second-order valence-corrected chi connectivity index (χ2v) is 5.35. The van der Waals surface area contributed by atoms with Crippen LogP contribution in [-0.2, 0) is 12.7 Å². The summed E-state index contributed by atoms with van der Waals surface area (Å²) in [6.45, 7) is 0.479. The van der Waals surface area contributed by atoms with Crippen LogP contribution in [0.5, 0.6) is 0 Å². The Labute approximate surface area is 122 Å². The number of thiocarbonyl (C=S) groups is 1. The third-order valence-corrected chi connectivity index (χ3v) is 3.54. The molecule has 0 bridgehead atoms. The number of aromatic nitrogens is 1. The van der Waals surface area contributed by atoms with E-state index in [0.29, 0.717) is 12.2 Å². The second kappa shape index (κ2) is 5.76. The number of alkyl halides is 3. The van der Waals surface area contributed by atoms with E-state index in [1.165, 1.54) is 23.5 Å². The largest absolute Gasteiger partial charge is 0.417 e. The molecule has 0 aliphatic carbocycles. The molecule has 0 unspecified atom stereocenters. The van der Waals surface area contributed by atoms with Gasteiger partial charge in [-0.05, 0) is 18.2 Å². The summed E-state index contributed by atoms with van der Waals surface area (Å²) >= 11 is 6.14. The maximum Gasteiger partial charge on any atom is 0.417 e. The molecule has 3 N–H and O–H groups in total. The number of rotatable bonds is 4. The summed E-state index contributed by atoms with van der Waals surface area (Å²) in [6.07, 6.45) is -2.79. The van der Waals surface area contributed by atoms with Gasteiger partial charge in [0.25, 0.3) is 0 Å². The number of anilines is 1. The van der Waals surface area contributed by atoms with Crippen molar-refractivity contribution in [2.24, 2.45) is 5.73 Å². The minimum Gasteiger partial charge on any atom is -0.389 e. The molecule has 1 heterocycles. The highest BCUT2D eigenvalue weighted by molar-refractivity contribution is 7.80. The van der Waals surface area contributed by atoms with E-state index in [2.05, 4.69) is 22.5 Å². The molecule has 0 amide bonds. The van der Waals surface area contributed by atoms with Gasteiger partial charge in [0.15, 0.2) is 0 Å². The van der Waals surface area contributed by atoms with Crippen LogP contribution in [0.1, 0.15) is 16.0 Å². The van der Waals surface area contributed by atoms with Gasteiger partial charge in [0.2, 0.25) is 0 Å². The summed E-state index contributed by atoms with van der Waals surface area (Å²) in [7, 11) is 0. The molecule has 3 nitrogen and oxygen atoms in total. The summed E-state index contributed by atoms with van der Waals surface area (Å²) < 4.78 is 38.4. The molecule has 0 saturated carbocycles. The molecule has 106 valence electrons. The molecule has 2 rings (SSSR count). The van der Waals surface area contributed by atoms with Crippen LogP contribution in [0.3, 0.4) is 0 Å². The highest BCUT2D eigenvalue weighted by Crippen LogP contribution is 2.33. The Hall–Kier alpha value is -1.67. The average Bonchev–Trinajstić information content (AvgIpc) is 2.88. The van der Waals surface area contributed by atoms with Gasteiger partial charge in [0.1, 0.15) is 4.99 Å². The number of nitrogens with zero attached hydrogens (tertiary/aromatic N) is 1. The topological polar surface area (TPSA) is 50.9 Å². The van der Waals surface area contributed by atoms with Crippen LogP contribution in [0.25, 0.3) is 0 Å². The fourth-order valence-corrected chi connectivity index (χ4v) is 2.33. The number of benzene rings is 1. The number of halogens is 3. The van der Waals surface area contributed by atoms with Crippen molar-refractivity contribution in [3.8, 4) is 0 Å². The van der Waals surface area contributed by atoms with Gasteiger partial charge < -0.3 is 11.1 Å². The third kappa shape index (κ3) is 3.45. The summed E-state index contributed by atoms with van der Waals surface area (Å²) in [5.74, 6) is 0. The van der Waals surface area contributed by atoms with Gasteiger partial charge in [-0.3, -0.25) is 4.98 Å². The van der Waals surface area contributed by atoms with E-state index >= 15 is 0 Å². The van der Waals surface area contributed by atoms with Gasteiger partial charge in [-0.1, -0.05) is 12.2 Å². The van der Waals surface area contributed by atoms with Crippen LogP contribution >= 0.6 is 23.6 Å². The molecule has 0 spiro atoms. The van der Waals surface area contributed by atoms with E-state index in [1.54, 1.807) is 11.7 Å². The molecular formula is C12H10F3N3S2. The Morgan fingerprint density at radius 3 is 2.70 bits per heavy atom. The van der Waals surface area contributed by atoms with Crippen LogP contribution < -0.4 is 11.1 Å². The van der Waals surface area contributed by atoms with Crippen molar-refractivity contribution in [1.29, 1.82) is 0 Å². The van der Waals surface area contributed by atoms with E-state index in [1.807, 2.05) is 0 Å². The molecule has 0 atom stereocenters. The lowest BCUT2D eigenvalue weighted by atomic mass is 10.1. The SMILES string of the molecule is NC(=S)c1cc(NCc2cncs2)ccc1C(F)(F)F. The molecule has 0 saturated heterocycles. The molecule has 1 aromatic heterocycles. The summed E-state index contributed by atoms with van der Waals surface area (Å²) in [5, 5.41) is 3.01. The van der Waals surface area contributed by atoms with E-state index in [4.69, 9.17) is 5.73 Å². The Morgan fingerprint density at radius 1 is 1.40 bits per heavy atom. The lowest BCUT2D eigenvalue weighted by molar-refractivity contribution is -0.137. The lowest BCUT2D eigenvalue weighted by Crippen LogP contribution is -2.18. The van der Waals surface area contributed by atoms with Gasteiger partial charge >= 0.3 is 6.18 Å². The number of hydrogen-bond donors (Lipinski definition) is 2. The van der Waals surface area contributed by atoms with Gasteiger partial charge in [-0.2, -0.15) is 13.2 Å². The quantitative estimate of drug-likeness (QED) is 0.849. The number of hydrogen-bond acceptors (Lipinski definition) is 4. The maximum absolute atomic E-state index is 12.8. The van der Waals surface area contributed by atoms with Gasteiger partial charge in [0.05, 0.1) is 17.6 Å². The average molecular weight is 317 g/mol. The monoisotopic (exact) mass is 317 g/mol. The summed E-state index contributed by atoms with van der Waals surface area (Å²) in [4.78, 5) is 4.61.